The summed E-state index contributed by atoms with van der Waals surface area (Å²) in [4.78, 5) is 26.7. The summed E-state index contributed by atoms with van der Waals surface area (Å²) in [5.74, 6) is -5.71. The van der Waals surface area contributed by atoms with Crippen LogP contribution in [0.5, 0.6) is 40.2 Å². The molecular weight excluding hydrogens is 752 g/mol. The molecule has 3 heterocycles. The summed E-state index contributed by atoms with van der Waals surface area (Å²) in [6.45, 7) is -1.66. The number of carbonyl (C=O) groups is 1. The smallest absolute Gasteiger partial charge is 0.330 e. The molecule has 0 amide bonds. The maximum Gasteiger partial charge on any atom is 0.330 e. The van der Waals surface area contributed by atoms with Gasteiger partial charge in [0.2, 0.25) is 17.5 Å². The molecule has 3 aromatic carbocycles. The fourth-order valence-electron chi connectivity index (χ4n) is 5.98. The van der Waals surface area contributed by atoms with Crippen LogP contribution in [0.15, 0.2) is 63.8 Å². The van der Waals surface area contributed by atoms with Crippen LogP contribution in [0.25, 0.3) is 28.4 Å². The number of esters is 1. The Hall–Kier alpha value is -5.68. The van der Waals surface area contributed by atoms with E-state index in [1.807, 2.05) is 0 Å². The number of hydrogen-bond acceptors (Lipinski definition) is 20. The number of carbonyl (C=O) groups excluding carboxylic acids is 1. The number of aromatic hydroxyl groups is 6. The van der Waals surface area contributed by atoms with Gasteiger partial charge in [0.1, 0.15) is 71.8 Å². The molecule has 6 rings (SSSR count). The molecule has 0 saturated carbocycles. The largest absolute Gasteiger partial charge is 0.508 e. The zero-order chi connectivity index (χ0) is 40.6. The number of hydrogen-bond donors (Lipinski definition) is 12. The molecular formula is C36H36O20. The van der Waals surface area contributed by atoms with Gasteiger partial charge < -0.3 is 89.4 Å². The third-order valence-corrected chi connectivity index (χ3v) is 8.97. The number of aliphatic hydroxyl groups excluding tert-OH is 6. The summed E-state index contributed by atoms with van der Waals surface area (Å²) >= 11 is 0. The van der Waals surface area contributed by atoms with Crippen LogP contribution in [-0.2, 0) is 23.7 Å². The fraction of sp³-hybridized carbons (Fsp3) is 0.333. The fourth-order valence-corrected chi connectivity index (χ4v) is 5.98. The maximum atomic E-state index is 14.1. The van der Waals surface area contributed by atoms with Gasteiger partial charge in [-0.2, -0.15) is 0 Å². The van der Waals surface area contributed by atoms with E-state index < -0.39 is 137 Å². The van der Waals surface area contributed by atoms with Crippen molar-refractivity contribution >= 4 is 23.0 Å². The van der Waals surface area contributed by atoms with Gasteiger partial charge in [-0.1, -0.05) is 6.07 Å². The lowest BCUT2D eigenvalue weighted by molar-refractivity contribution is -0.358. The average molecular weight is 789 g/mol. The van der Waals surface area contributed by atoms with E-state index in [1.54, 1.807) is 0 Å². The van der Waals surface area contributed by atoms with Crippen molar-refractivity contribution in [2.24, 2.45) is 0 Å². The van der Waals surface area contributed by atoms with Crippen molar-refractivity contribution < 1.29 is 94.2 Å². The van der Waals surface area contributed by atoms with Gasteiger partial charge >= 0.3 is 5.97 Å². The molecule has 2 saturated heterocycles. The molecule has 300 valence electrons. The highest BCUT2D eigenvalue weighted by atomic mass is 16.8. The summed E-state index contributed by atoms with van der Waals surface area (Å²) in [6.07, 6.45) is -16.9. The second-order valence-electron chi connectivity index (χ2n) is 12.8. The van der Waals surface area contributed by atoms with Gasteiger partial charge in [0.15, 0.2) is 41.2 Å². The van der Waals surface area contributed by atoms with Crippen LogP contribution in [-0.4, -0.2) is 142 Å². The molecule has 56 heavy (non-hydrogen) atoms. The molecule has 1 aromatic heterocycles. The minimum Gasteiger partial charge on any atom is -0.508 e. The van der Waals surface area contributed by atoms with Gasteiger partial charge in [0, 0.05) is 23.8 Å². The van der Waals surface area contributed by atoms with Crippen LogP contribution in [0, 0.1) is 0 Å². The van der Waals surface area contributed by atoms with Crippen molar-refractivity contribution in [3.8, 4) is 51.6 Å². The molecule has 2 aliphatic heterocycles. The topological polar surface area (TPSA) is 336 Å². The molecule has 0 radical (unpaired) electrons. The van der Waals surface area contributed by atoms with Crippen molar-refractivity contribution in [1.82, 2.24) is 0 Å². The highest BCUT2D eigenvalue weighted by Crippen LogP contribution is 2.40. The van der Waals surface area contributed by atoms with E-state index in [4.69, 9.17) is 28.1 Å². The first-order chi connectivity index (χ1) is 26.6. The molecule has 10 atom stereocenters. The van der Waals surface area contributed by atoms with Gasteiger partial charge in [0.25, 0.3) is 0 Å². The van der Waals surface area contributed by atoms with E-state index in [0.29, 0.717) is 0 Å². The number of fused-ring (bicyclic) bond motifs is 1. The van der Waals surface area contributed by atoms with Crippen LogP contribution in [0.4, 0.5) is 0 Å². The molecule has 10 unspecified atom stereocenters. The quantitative estimate of drug-likeness (QED) is 0.0519. The molecule has 12 N–H and O–H groups in total. The Labute approximate surface area is 313 Å². The number of benzene rings is 3. The van der Waals surface area contributed by atoms with Crippen LogP contribution < -0.4 is 10.2 Å². The molecule has 2 fully saturated rings. The number of aliphatic hydroxyl groups is 6. The lowest BCUT2D eigenvalue weighted by atomic mass is 9.97. The number of phenols is 6. The first-order valence-corrected chi connectivity index (χ1v) is 16.6. The van der Waals surface area contributed by atoms with Crippen molar-refractivity contribution in [3.05, 3.63) is 70.4 Å². The maximum absolute atomic E-state index is 14.1. The lowest BCUT2D eigenvalue weighted by Gasteiger charge is -2.45. The van der Waals surface area contributed by atoms with Gasteiger partial charge in [-0.05, 0) is 42.0 Å². The standard InChI is InChI=1S/C36H36O20/c37-11-22-26(45)29(48)31(50)35(53-22)56-34-30(49)27(46)23(12-51-24(44)6-2-13-1-4-16(39)18(41)7-13)54-36(34)55-33-28(47)25-20(43)9-15(38)10-21(25)52-32(33)14-3-5-17(40)19(42)8-14/h1-10,22-23,26-27,29-31,34-43,45-46,48-50H,11-12H2. The minimum absolute atomic E-state index is 0.126. The van der Waals surface area contributed by atoms with Crippen LogP contribution in [0.2, 0.25) is 0 Å². The van der Waals surface area contributed by atoms with Crippen molar-refractivity contribution in [3.63, 3.8) is 0 Å². The number of rotatable bonds is 10. The Kier molecular flexibility index (Phi) is 11.6. The molecule has 0 bridgehead atoms. The predicted octanol–water partition coefficient (Wildman–Crippen LogP) is -1.04. The molecule has 2 aliphatic rings. The first-order valence-electron chi connectivity index (χ1n) is 16.6. The summed E-state index contributed by atoms with van der Waals surface area (Å²) in [6, 6.07) is 8.69. The highest BCUT2D eigenvalue weighted by Gasteiger charge is 2.52. The zero-order valence-electron chi connectivity index (χ0n) is 28.6. The number of phenolic OH excluding ortho intramolecular Hbond substituents is 6. The molecule has 0 aliphatic carbocycles. The Bertz CT molecular complexity index is 2160. The van der Waals surface area contributed by atoms with Crippen molar-refractivity contribution in [1.29, 1.82) is 0 Å². The molecule has 20 nitrogen and oxygen atoms in total. The van der Waals surface area contributed by atoms with Crippen LogP contribution in [0.1, 0.15) is 5.56 Å². The Morgan fingerprint density at radius 2 is 1.38 bits per heavy atom. The first kappa shape index (κ1) is 40.0. The molecule has 20 heteroatoms. The Morgan fingerprint density at radius 1 is 0.714 bits per heavy atom. The normalized spacial score (nSPS) is 28.0. The third kappa shape index (κ3) is 8.00. The summed E-state index contributed by atoms with van der Waals surface area (Å²) in [5.41, 5.74) is -1.34. The van der Waals surface area contributed by atoms with E-state index in [1.165, 1.54) is 24.3 Å². The second kappa shape index (κ2) is 16.2. The predicted molar refractivity (Wildman–Crippen MR) is 184 cm³/mol. The lowest BCUT2D eigenvalue weighted by Crippen LogP contribution is -2.65. The monoisotopic (exact) mass is 788 g/mol. The Morgan fingerprint density at radius 3 is 2.05 bits per heavy atom. The van der Waals surface area contributed by atoms with Gasteiger partial charge in [-0.15, -0.1) is 0 Å². The molecule has 0 spiro atoms. The van der Waals surface area contributed by atoms with Crippen LogP contribution in [0.3, 0.4) is 0 Å². The van der Waals surface area contributed by atoms with E-state index in [2.05, 4.69) is 0 Å². The van der Waals surface area contributed by atoms with Crippen molar-refractivity contribution in [2.75, 3.05) is 13.2 Å². The van der Waals surface area contributed by atoms with E-state index in [0.717, 1.165) is 36.4 Å². The van der Waals surface area contributed by atoms with E-state index in [-0.39, 0.29) is 16.7 Å². The second-order valence-corrected chi connectivity index (χ2v) is 12.8. The molecule has 4 aromatic rings. The summed E-state index contributed by atoms with van der Waals surface area (Å²) in [7, 11) is 0. The van der Waals surface area contributed by atoms with Crippen LogP contribution >= 0.6 is 0 Å². The average Bonchev–Trinajstić information content (AvgIpc) is 3.16. The summed E-state index contributed by atoms with van der Waals surface area (Å²) in [5, 5.41) is 123. The summed E-state index contributed by atoms with van der Waals surface area (Å²) < 4.78 is 34.0. The van der Waals surface area contributed by atoms with E-state index >= 15 is 0 Å². The van der Waals surface area contributed by atoms with Gasteiger partial charge in [-0.3, -0.25) is 4.79 Å². The van der Waals surface area contributed by atoms with Gasteiger partial charge in [0.05, 0.1) is 6.61 Å². The third-order valence-electron chi connectivity index (χ3n) is 8.97. The van der Waals surface area contributed by atoms with E-state index in [9.17, 15) is 70.9 Å². The highest BCUT2D eigenvalue weighted by molar-refractivity contribution is 5.88. The SMILES string of the molecule is O=C(C=Cc1ccc(O)c(O)c1)OCC1OC(Oc2c(-c3ccc(O)c(O)c3)oc3cc(O)cc(O)c3c2=O)C(OC2OC(CO)C(O)C(O)C2O)C(O)C1O. The van der Waals surface area contributed by atoms with Gasteiger partial charge in [-0.25, -0.2) is 4.79 Å². The minimum atomic E-state index is -2.11. The zero-order valence-corrected chi connectivity index (χ0v) is 28.6. The number of ether oxygens (including phenoxy) is 5. The van der Waals surface area contributed by atoms with Crippen molar-refractivity contribution in [2.45, 2.75) is 61.4 Å². The Balaban J connectivity index is 1.37.